The maximum atomic E-state index is 3.90. The number of hydrogen-bond donors (Lipinski definition) is 2. The molecule has 0 saturated heterocycles. The van der Waals surface area contributed by atoms with Gasteiger partial charge in [-0.05, 0) is 68.4 Å². The van der Waals surface area contributed by atoms with Crippen LogP contribution in [0.4, 0.5) is 0 Å². The van der Waals surface area contributed by atoms with Gasteiger partial charge in [-0.1, -0.05) is 49.2 Å². The summed E-state index contributed by atoms with van der Waals surface area (Å²) in [5, 5.41) is 5.33. The van der Waals surface area contributed by atoms with Gasteiger partial charge in [0.25, 0.3) is 0 Å². The minimum absolute atomic E-state index is 0.357. The Kier molecular flexibility index (Phi) is 4.86. The molecule has 1 heterocycles. The van der Waals surface area contributed by atoms with E-state index in [4.69, 9.17) is 0 Å². The van der Waals surface area contributed by atoms with Gasteiger partial charge in [-0.25, -0.2) is 0 Å². The minimum atomic E-state index is 0.357. The molecule has 2 aromatic carbocycles. The fourth-order valence-electron chi connectivity index (χ4n) is 4.45. The highest BCUT2D eigenvalue weighted by atomic mass is 15.0. The van der Waals surface area contributed by atoms with Gasteiger partial charge in [0.15, 0.2) is 0 Å². The number of aryl methyl sites for hydroxylation is 3. The average Bonchev–Trinajstić information content (AvgIpc) is 3.01. The molecule has 2 nitrogen and oxygen atoms in total. The zero-order chi connectivity index (χ0) is 18.1. The third-order valence-electron chi connectivity index (χ3n) is 5.80. The lowest BCUT2D eigenvalue weighted by atomic mass is 9.90. The van der Waals surface area contributed by atoms with Crippen molar-refractivity contribution in [1.82, 2.24) is 10.3 Å². The molecule has 0 bridgehead atoms. The van der Waals surface area contributed by atoms with Crippen LogP contribution in [0.25, 0.3) is 10.9 Å². The highest BCUT2D eigenvalue weighted by molar-refractivity contribution is 5.85. The molecular weight excluding hydrogens is 316 g/mol. The van der Waals surface area contributed by atoms with Crippen molar-refractivity contribution in [2.75, 3.05) is 0 Å². The molecule has 2 atom stereocenters. The third-order valence-corrected chi connectivity index (χ3v) is 5.80. The molecule has 0 fully saturated rings. The van der Waals surface area contributed by atoms with Gasteiger partial charge in [-0.2, -0.15) is 0 Å². The number of aromatic amines is 1. The van der Waals surface area contributed by atoms with E-state index < -0.39 is 0 Å². The summed E-state index contributed by atoms with van der Waals surface area (Å²) in [5.41, 5.74) is 8.41. The average molecular weight is 347 g/mol. The first kappa shape index (κ1) is 17.4. The molecule has 0 saturated carbocycles. The van der Waals surface area contributed by atoms with Crippen molar-refractivity contribution in [2.24, 2.45) is 0 Å². The predicted molar refractivity (Wildman–Crippen MR) is 111 cm³/mol. The van der Waals surface area contributed by atoms with Crippen LogP contribution in [0.1, 0.15) is 73.1 Å². The van der Waals surface area contributed by atoms with Crippen LogP contribution >= 0.6 is 0 Å². The zero-order valence-electron chi connectivity index (χ0n) is 16.2. The Morgan fingerprint density at radius 2 is 2.08 bits per heavy atom. The number of H-pyrrole nitrogens is 1. The second-order valence-corrected chi connectivity index (χ2v) is 7.89. The van der Waals surface area contributed by atoms with Crippen molar-refractivity contribution in [3.05, 3.63) is 70.4 Å². The van der Waals surface area contributed by atoms with Crippen LogP contribution in [-0.2, 0) is 12.8 Å². The number of fused-ring (bicyclic) bond motifs is 3. The van der Waals surface area contributed by atoms with Crippen molar-refractivity contribution in [1.29, 1.82) is 0 Å². The maximum Gasteiger partial charge on any atom is 0.0480 e. The summed E-state index contributed by atoms with van der Waals surface area (Å²) >= 11 is 0. The molecule has 1 aromatic heterocycles. The Labute approximate surface area is 157 Å². The van der Waals surface area contributed by atoms with E-state index in [1.807, 2.05) is 0 Å². The fraction of sp³-hybridized carbons (Fsp3) is 0.417. The lowest BCUT2D eigenvalue weighted by Crippen LogP contribution is -2.27. The summed E-state index contributed by atoms with van der Waals surface area (Å²) in [6, 6.07) is 16.6. The minimum Gasteiger partial charge on any atom is -0.357 e. The first-order chi connectivity index (χ1) is 12.7. The van der Waals surface area contributed by atoms with E-state index >= 15 is 0 Å². The molecule has 0 spiro atoms. The lowest BCUT2D eigenvalue weighted by molar-refractivity contribution is 0.410. The van der Waals surface area contributed by atoms with Crippen LogP contribution in [0.15, 0.2) is 42.5 Å². The first-order valence-corrected chi connectivity index (χ1v) is 10.1. The van der Waals surface area contributed by atoms with E-state index in [0.717, 1.165) is 6.42 Å². The van der Waals surface area contributed by atoms with Crippen LogP contribution in [0.3, 0.4) is 0 Å². The molecule has 4 rings (SSSR count). The Bertz CT molecular complexity index is 906. The van der Waals surface area contributed by atoms with Gasteiger partial charge in [0, 0.05) is 28.7 Å². The number of nitrogens with one attached hydrogen (secondary N) is 2. The molecule has 0 aliphatic heterocycles. The molecule has 1 aliphatic rings. The maximum absolute atomic E-state index is 3.90. The van der Waals surface area contributed by atoms with E-state index in [0.29, 0.717) is 12.1 Å². The molecule has 0 unspecified atom stereocenters. The third kappa shape index (κ3) is 3.31. The lowest BCUT2D eigenvalue weighted by Gasteiger charge is -2.27. The number of rotatable bonds is 5. The molecule has 3 aromatic rings. The van der Waals surface area contributed by atoms with Crippen LogP contribution in [-0.4, -0.2) is 4.98 Å². The van der Waals surface area contributed by atoms with Crippen molar-refractivity contribution in [2.45, 2.75) is 65.0 Å². The zero-order valence-corrected chi connectivity index (χ0v) is 16.2. The number of aromatic nitrogens is 1. The van der Waals surface area contributed by atoms with E-state index in [-0.39, 0.29) is 0 Å². The van der Waals surface area contributed by atoms with E-state index in [2.05, 4.69) is 73.5 Å². The van der Waals surface area contributed by atoms with Crippen LogP contribution in [0.5, 0.6) is 0 Å². The van der Waals surface area contributed by atoms with E-state index in [1.165, 1.54) is 64.5 Å². The van der Waals surface area contributed by atoms with Crippen LogP contribution in [0.2, 0.25) is 0 Å². The first-order valence-electron chi connectivity index (χ1n) is 10.1. The molecule has 26 heavy (non-hydrogen) atoms. The van der Waals surface area contributed by atoms with Crippen LogP contribution < -0.4 is 5.32 Å². The summed E-state index contributed by atoms with van der Waals surface area (Å²) in [6.45, 7) is 6.73. The van der Waals surface area contributed by atoms with Gasteiger partial charge in [-0.3, -0.25) is 0 Å². The second kappa shape index (κ2) is 7.28. The molecule has 0 amide bonds. The summed E-state index contributed by atoms with van der Waals surface area (Å²) in [6.07, 6.45) is 6.02. The summed E-state index contributed by atoms with van der Waals surface area (Å²) in [7, 11) is 0. The Morgan fingerprint density at radius 3 is 2.92 bits per heavy atom. The van der Waals surface area contributed by atoms with Crippen molar-refractivity contribution in [3.63, 3.8) is 0 Å². The quantitative estimate of drug-likeness (QED) is 0.569. The summed E-state index contributed by atoms with van der Waals surface area (Å²) < 4.78 is 0. The molecule has 136 valence electrons. The second-order valence-electron chi connectivity index (χ2n) is 7.89. The monoisotopic (exact) mass is 346 g/mol. The van der Waals surface area contributed by atoms with Gasteiger partial charge in [-0.15, -0.1) is 0 Å². The molecule has 2 N–H and O–H groups in total. The largest absolute Gasteiger partial charge is 0.357 e. The Hall–Kier alpha value is -2.06. The smallest absolute Gasteiger partial charge is 0.0480 e. The number of hydrogen-bond acceptors (Lipinski definition) is 1. The van der Waals surface area contributed by atoms with Gasteiger partial charge < -0.3 is 10.3 Å². The van der Waals surface area contributed by atoms with E-state index in [9.17, 15) is 0 Å². The van der Waals surface area contributed by atoms with Gasteiger partial charge >= 0.3 is 0 Å². The topological polar surface area (TPSA) is 27.8 Å². The molecular formula is C24H30N2. The van der Waals surface area contributed by atoms with E-state index in [1.54, 1.807) is 0 Å². The van der Waals surface area contributed by atoms with Crippen molar-refractivity contribution in [3.8, 4) is 0 Å². The summed E-state index contributed by atoms with van der Waals surface area (Å²) in [5.74, 6) is 0. The Balaban J connectivity index is 1.60. The van der Waals surface area contributed by atoms with Crippen molar-refractivity contribution >= 4 is 10.9 Å². The normalized spacial score (nSPS) is 18.0. The standard InChI is InChI=1S/C24H30N2/c1-4-7-18-8-5-9-19(15-18)17(3)25-23-11-6-10-20-21-14-16(2)12-13-22(21)26-24(20)23/h5,8-9,12-15,17,23,25-26H,4,6-7,10-11H2,1-3H3/t17-,23-/m1/s1. The predicted octanol–water partition coefficient (Wildman–Crippen LogP) is 6.16. The highest BCUT2D eigenvalue weighted by Crippen LogP contribution is 2.36. The number of benzene rings is 2. The van der Waals surface area contributed by atoms with Crippen LogP contribution in [0, 0.1) is 6.92 Å². The molecule has 1 aliphatic carbocycles. The highest BCUT2D eigenvalue weighted by Gasteiger charge is 2.25. The Morgan fingerprint density at radius 1 is 1.19 bits per heavy atom. The van der Waals surface area contributed by atoms with Gasteiger partial charge in [0.05, 0.1) is 0 Å². The molecule has 0 radical (unpaired) electrons. The molecule has 2 heteroatoms. The summed E-state index contributed by atoms with van der Waals surface area (Å²) in [4.78, 5) is 3.72. The SMILES string of the molecule is CCCc1cccc([C@@H](C)N[C@@H]2CCCc3c2[nH]c2ccc(C)cc32)c1. The fourth-order valence-corrected chi connectivity index (χ4v) is 4.45. The van der Waals surface area contributed by atoms with Gasteiger partial charge in [0.1, 0.15) is 0 Å². The van der Waals surface area contributed by atoms with Gasteiger partial charge in [0.2, 0.25) is 0 Å². The van der Waals surface area contributed by atoms with Crippen molar-refractivity contribution < 1.29 is 0 Å².